The number of nitrogens with one attached hydrogen (secondary N) is 2. The molecule has 0 atom stereocenters. The van der Waals surface area contributed by atoms with E-state index in [1.165, 1.54) is 12.1 Å². The lowest BCUT2D eigenvalue weighted by atomic mass is 10.0. The van der Waals surface area contributed by atoms with E-state index < -0.39 is 0 Å². The zero-order valence-electron chi connectivity index (χ0n) is 15.3. The van der Waals surface area contributed by atoms with E-state index >= 15 is 0 Å². The molecule has 0 saturated heterocycles. The molecule has 0 saturated carbocycles. The van der Waals surface area contributed by atoms with Gasteiger partial charge < -0.3 is 10.6 Å². The first kappa shape index (κ1) is 19.4. The van der Waals surface area contributed by atoms with Crippen molar-refractivity contribution < 1.29 is 9.18 Å². The van der Waals surface area contributed by atoms with Crippen LogP contribution in [0.25, 0.3) is 0 Å². The lowest BCUT2D eigenvalue weighted by Gasteiger charge is -2.14. The van der Waals surface area contributed by atoms with E-state index in [0.717, 1.165) is 34.5 Å². The molecule has 0 aliphatic rings. The standard InChI is InChI=1S/C22H25FN2O/c1-4-6-7-10-19-16(3)9-8-11-21(19)25-22(26)15-24-20-13-12-18(23)14-17(20)5-2/h4,6-9,11-14,24H,1,5,10,15H2,2-3H3,(H,25,26)/b7-6-. The summed E-state index contributed by atoms with van der Waals surface area (Å²) in [6.45, 7) is 7.77. The predicted octanol–water partition coefficient (Wildman–Crippen LogP) is 5.03. The third-order valence-corrected chi connectivity index (χ3v) is 4.17. The molecule has 0 bridgehead atoms. The molecular formula is C22H25FN2O. The second kappa shape index (κ2) is 9.56. The van der Waals surface area contributed by atoms with Crippen molar-refractivity contribution in [2.24, 2.45) is 0 Å². The van der Waals surface area contributed by atoms with Crippen molar-refractivity contribution in [3.63, 3.8) is 0 Å². The molecule has 3 nitrogen and oxygen atoms in total. The summed E-state index contributed by atoms with van der Waals surface area (Å²) in [6.07, 6.45) is 7.04. The summed E-state index contributed by atoms with van der Waals surface area (Å²) in [5, 5.41) is 6.05. The summed E-state index contributed by atoms with van der Waals surface area (Å²) in [4.78, 5) is 12.4. The molecular weight excluding hydrogens is 327 g/mol. The Morgan fingerprint density at radius 2 is 2.04 bits per heavy atom. The maximum absolute atomic E-state index is 13.3. The van der Waals surface area contributed by atoms with Crippen molar-refractivity contribution in [1.29, 1.82) is 0 Å². The van der Waals surface area contributed by atoms with Gasteiger partial charge in [-0.25, -0.2) is 4.39 Å². The van der Waals surface area contributed by atoms with E-state index in [1.807, 2.05) is 44.2 Å². The van der Waals surface area contributed by atoms with Crippen LogP contribution in [0, 0.1) is 12.7 Å². The molecule has 0 aromatic heterocycles. The third-order valence-electron chi connectivity index (χ3n) is 4.17. The summed E-state index contributed by atoms with van der Waals surface area (Å²) in [6, 6.07) is 10.4. The number of halogens is 1. The summed E-state index contributed by atoms with van der Waals surface area (Å²) in [5.74, 6) is -0.412. The number of allylic oxidation sites excluding steroid dienone is 3. The van der Waals surface area contributed by atoms with Gasteiger partial charge in [0, 0.05) is 11.4 Å². The minimum Gasteiger partial charge on any atom is -0.376 e. The molecule has 2 N–H and O–H groups in total. The van der Waals surface area contributed by atoms with Gasteiger partial charge in [0.25, 0.3) is 0 Å². The predicted molar refractivity (Wildman–Crippen MR) is 107 cm³/mol. The number of anilines is 2. The maximum Gasteiger partial charge on any atom is 0.243 e. The zero-order chi connectivity index (χ0) is 18.9. The quantitative estimate of drug-likeness (QED) is 0.654. The first-order valence-corrected chi connectivity index (χ1v) is 8.73. The smallest absolute Gasteiger partial charge is 0.243 e. The first-order valence-electron chi connectivity index (χ1n) is 8.73. The van der Waals surface area contributed by atoms with Gasteiger partial charge in [0.05, 0.1) is 6.54 Å². The first-order chi connectivity index (χ1) is 12.5. The molecule has 0 radical (unpaired) electrons. The van der Waals surface area contributed by atoms with Crippen LogP contribution in [0.4, 0.5) is 15.8 Å². The molecule has 136 valence electrons. The van der Waals surface area contributed by atoms with Crippen LogP contribution < -0.4 is 10.6 Å². The van der Waals surface area contributed by atoms with E-state index in [0.29, 0.717) is 6.42 Å². The maximum atomic E-state index is 13.3. The van der Waals surface area contributed by atoms with Crippen molar-refractivity contribution in [3.8, 4) is 0 Å². The molecule has 2 aromatic rings. The molecule has 0 heterocycles. The summed E-state index contributed by atoms with van der Waals surface area (Å²) in [5.41, 5.74) is 4.64. The highest BCUT2D eigenvalue weighted by Crippen LogP contribution is 2.21. The lowest BCUT2D eigenvalue weighted by Crippen LogP contribution is -2.23. The SMILES string of the molecule is C=C/C=C\Cc1c(C)cccc1NC(=O)CNc1ccc(F)cc1CC. The van der Waals surface area contributed by atoms with Crippen LogP contribution in [-0.2, 0) is 17.6 Å². The van der Waals surface area contributed by atoms with E-state index in [9.17, 15) is 9.18 Å². The molecule has 0 aliphatic carbocycles. The minimum atomic E-state index is -0.270. The second-order valence-corrected chi connectivity index (χ2v) is 6.03. The van der Waals surface area contributed by atoms with Gasteiger partial charge in [-0.3, -0.25) is 4.79 Å². The van der Waals surface area contributed by atoms with Crippen LogP contribution in [0.1, 0.15) is 23.6 Å². The van der Waals surface area contributed by atoms with E-state index in [1.54, 1.807) is 12.1 Å². The van der Waals surface area contributed by atoms with Crippen LogP contribution in [0.2, 0.25) is 0 Å². The normalized spacial score (nSPS) is 10.7. The lowest BCUT2D eigenvalue weighted by molar-refractivity contribution is -0.114. The third kappa shape index (κ3) is 5.31. The van der Waals surface area contributed by atoms with Gasteiger partial charge >= 0.3 is 0 Å². The fourth-order valence-electron chi connectivity index (χ4n) is 2.77. The summed E-state index contributed by atoms with van der Waals surface area (Å²) >= 11 is 0. The van der Waals surface area contributed by atoms with Gasteiger partial charge in [-0.05, 0) is 60.7 Å². The molecule has 4 heteroatoms. The molecule has 0 unspecified atom stereocenters. The van der Waals surface area contributed by atoms with Gasteiger partial charge in [0.15, 0.2) is 0 Å². The van der Waals surface area contributed by atoms with Gasteiger partial charge in [-0.2, -0.15) is 0 Å². The Morgan fingerprint density at radius 1 is 1.23 bits per heavy atom. The van der Waals surface area contributed by atoms with E-state index in [4.69, 9.17) is 0 Å². The number of hydrogen-bond donors (Lipinski definition) is 2. The van der Waals surface area contributed by atoms with Crippen molar-refractivity contribution in [1.82, 2.24) is 0 Å². The van der Waals surface area contributed by atoms with E-state index in [-0.39, 0.29) is 18.3 Å². The average Bonchev–Trinajstić information content (AvgIpc) is 2.63. The highest BCUT2D eigenvalue weighted by molar-refractivity contribution is 5.94. The van der Waals surface area contributed by atoms with Gasteiger partial charge in [0.1, 0.15) is 5.82 Å². The fraction of sp³-hybridized carbons (Fsp3) is 0.227. The number of amides is 1. The van der Waals surface area contributed by atoms with Crippen LogP contribution in [0.5, 0.6) is 0 Å². The van der Waals surface area contributed by atoms with Gasteiger partial charge in [-0.15, -0.1) is 0 Å². The number of carbonyl (C=O) groups is 1. The summed E-state index contributed by atoms with van der Waals surface area (Å²) in [7, 11) is 0. The molecule has 1 amide bonds. The molecule has 0 spiro atoms. The molecule has 0 fully saturated rings. The van der Waals surface area contributed by atoms with Gasteiger partial charge in [0.2, 0.25) is 5.91 Å². The largest absolute Gasteiger partial charge is 0.376 e. The van der Waals surface area contributed by atoms with Gasteiger partial charge in [-0.1, -0.05) is 43.9 Å². The molecule has 26 heavy (non-hydrogen) atoms. The second-order valence-electron chi connectivity index (χ2n) is 6.03. The number of hydrogen-bond acceptors (Lipinski definition) is 2. The van der Waals surface area contributed by atoms with Crippen LogP contribution in [-0.4, -0.2) is 12.5 Å². The Bertz CT molecular complexity index is 812. The Balaban J connectivity index is 2.05. The fourth-order valence-corrected chi connectivity index (χ4v) is 2.77. The Labute approximate surface area is 154 Å². The molecule has 2 aromatic carbocycles. The molecule has 2 rings (SSSR count). The zero-order valence-corrected chi connectivity index (χ0v) is 15.3. The highest BCUT2D eigenvalue weighted by atomic mass is 19.1. The van der Waals surface area contributed by atoms with Crippen molar-refractivity contribution >= 4 is 17.3 Å². The summed E-state index contributed by atoms with van der Waals surface area (Å²) < 4.78 is 13.3. The number of carbonyl (C=O) groups excluding carboxylic acids is 1. The van der Waals surface area contributed by atoms with Crippen molar-refractivity contribution in [3.05, 3.63) is 83.7 Å². The number of benzene rings is 2. The van der Waals surface area contributed by atoms with Crippen LogP contribution in [0.15, 0.2) is 61.2 Å². The van der Waals surface area contributed by atoms with Crippen LogP contribution in [0.3, 0.4) is 0 Å². The Morgan fingerprint density at radius 3 is 2.77 bits per heavy atom. The van der Waals surface area contributed by atoms with Crippen LogP contribution >= 0.6 is 0 Å². The average molecular weight is 352 g/mol. The Hall–Kier alpha value is -2.88. The molecule has 0 aliphatic heterocycles. The van der Waals surface area contributed by atoms with Crippen molar-refractivity contribution in [2.45, 2.75) is 26.7 Å². The number of aryl methyl sites for hydroxylation is 2. The van der Waals surface area contributed by atoms with E-state index in [2.05, 4.69) is 17.2 Å². The number of rotatable bonds is 8. The highest BCUT2D eigenvalue weighted by Gasteiger charge is 2.09. The van der Waals surface area contributed by atoms with Crippen molar-refractivity contribution in [2.75, 3.05) is 17.2 Å². The monoisotopic (exact) mass is 352 g/mol. The minimum absolute atomic E-state index is 0.120. The topological polar surface area (TPSA) is 41.1 Å². The Kier molecular flexibility index (Phi) is 7.15.